The third kappa shape index (κ3) is 7.08. The van der Waals surface area contributed by atoms with Crippen LogP contribution >= 0.6 is 0 Å². The van der Waals surface area contributed by atoms with Crippen molar-refractivity contribution in [3.05, 3.63) is 0 Å². The molecule has 1 aromatic heterocycles. The molecule has 0 saturated heterocycles. The topological polar surface area (TPSA) is 75.2 Å². The summed E-state index contributed by atoms with van der Waals surface area (Å²) < 4.78 is 5.54. The molecule has 0 unspecified atom stereocenters. The first-order valence-electron chi connectivity index (χ1n) is 7.51. The van der Waals surface area contributed by atoms with Crippen LogP contribution in [0.4, 0.5) is 17.8 Å². The summed E-state index contributed by atoms with van der Waals surface area (Å²) in [5, 5.41) is 6.33. The van der Waals surface area contributed by atoms with Crippen molar-refractivity contribution in [3.8, 4) is 0 Å². The Morgan fingerprint density at radius 3 is 2.33 bits per heavy atom. The largest absolute Gasteiger partial charge is 0.381 e. The standard InChI is InChI=1S/C14H28N6O/c1-6-15-12-17-13(19-14(18-12)20(4)5)16-8-7-9-21-10-11(2)3/h11H,6-10H2,1-5H3,(H2,15,16,17,18,19). The molecule has 0 spiro atoms. The molecule has 0 aliphatic carbocycles. The van der Waals surface area contributed by atoms with Crippen molar-refractivity contribution in [2.75, 3.05) is 55.9 Å². The predicted molar refractivity (Wildman–Crippen MR) is 87.1 cm³/mol. The lowest BCUT2D eigenvalue weighted by molar-refractivity contribution is 0.110. The number of anilines is 3. The van der Waals surface area contributed by atoms with Gasteiger partial charge in [0.15, 0.2) is 0 Å². The molecule has 120 valence electrons. The first kappa shape index (κ1) is 17.4. The summed E-state index contributed by atoms with van der Waals surface area (Å²) in [5.74, 6) is 2.40. The maximum Gasteiger partial charge on any atom is 0.231 e. The fraction of sp³-hybridized carbons (Fsp3) is 0.786. The molecule has 0 fully saturated rings. The third-order valence-corrected chi connectivity index (χ3v) is 2.56. The van der Waals surface area contributed by atoms with Crippen LogP contribution < -0.4 is 15.5 Å². The van der Waals surface area contributed by atoms with E-state index in [9.17, 15) is 0 Å². The molecule has 1 heterocycles. The predicted octanol–water partition coefficient (Wildman–Crippen LogP) is 1.84. The summed E-state index contributed by atoms with van der Waals surface area (Å²) in [6, 6.07) is 0. The molecule has 0 atom stereocenters. The van der Waals surface area contributed by atoms with E-state index in [0.29, 0.717) is 23.8 Å². The zero-order chi connectivity index (χ0) is 15.7. The van der Waals surface area contributed by atoms with Gasteiger partial charge in [0.05, 0.1) is 0 Å². The van der Waals surface area contributed by atoms with Crippen LogP contribution in [0.25, 0.3) is 0 Å². The summed E-state index contributed by atoms with van der Waals surface area (Å²) in [6.45, 7) is 9.42. The highest BCUT2D eigenvalue weighted by Gasteiger charge is 2.07. The van der Waals surface area contributed by atoms with Gasteiger partial charge in [-0.25, -0.2) is 0 Å². The van der Waals surface area contributed by atoms with Crippen molar-refractivity contribution in [3.63, 3.8) is 0 Å². The maximum atomic E-state index is 5.54. The van der Waals surface area contributed by atoms with Gasteiger partial charge in [-0.1, -0.05) is 13.8 Å². The van der Waals surface area contributed by atoms with Crippen LogP contribution in [-0.2, 0) is 4.74 Å². The van der Waals surface area contributed by atoms with Crippen molar-refractivity contribution in [1.82, 2.24) is 15.0 Å². The smallest absolute Gasteiger partial charge is 0.231 e. The highest BCUT2D eigenvalue weighted by molar-refractivity contribution is 5.42. The minimum Gasteiger partial charge on any atom is -0.381 e. The van der Waals surface area contributed by atoms with E-state index in [-0.39, 0.29) is 0 Å². The highest BCUT2D eigenvalue weighted by atomic mass is 16.5. The molecule has 0 bridgehead atoms. The fourth-order valence-corrected chi connectivity index (χ4v) is 1.57. The molecule has 0 radical (unpaired) electrons. The zero-order valence-electron chi connectivity index (χ0n) is 13.8. The average Bonchev–Trinajstić information content (AvgIpc) is 2.42. The molecule has 7 heteroatoms. The molecule has 0 aliphatic rings. The van der Waals surface area contributed by atoms with Crippen LogP contribution in [0.5, 0.6) is 0 Å². The second kappa shape index (κ2) is 9.33. The lowest BCUT2D eigenvalue weighted by atomic mass is 10.2. The molecule has 0 aromatic carbocycles. The Bertz CT molecular complexity index is 410. The van der Waals surface area contributed by atoms with E-state index in [0.717, 1.165) is 32.7 Å². The second-order valence-corrected chi connectivity index (χ2v) is 5.46. The van der Waals surface area contributed by atoms with E-state index < -0.39 is 0 Å². The molecule has 1 rings (SSSR count). The lowest BCUT2D eigenvalue weighted by Crippen LogP contribution is -2.18. The molecular weight excluding hydrogens is 268 g/mol. The summed E-state index contributed by atoms with van der Waals surface area (Å²) in [6.07, 6.45) is 0.923. The first-order chi connectivity index (χ1) is 10.0. The van der Waals surface area contributed by atoms with Crippen LogP contribution in [-0.4, -0.2) is 55.4 Å². The van der Waals surface area contributed by atoms with Crippen molar-refractivity contribution in [2.45, 2.75) is 27.2 Å². The molecule has 0 saturated carbocycles. The van der Waals surface area contributed by atoms with E-state index in [1.807, 2.05) is 25.9 Å². The fourth-order valence-electron chi connectivity index (χ4n) is 1.57. The molecule has 0 aliphatic heterocycles. The summed E-state index contributed by atoms with van der Waals surface area (Å²) in [4.78, 5) is 14.9. The normalized spacial score (nSPS) is 10.8. The highest BCUT2D eigenvalue weighted by Crippen LogP contribution is 2.11. The molecular formula is C14H28N6O. The number of ether oxygens (including phenoxy) is 1. The lowest BCUT2D eigenvalue weighted by Gasteiger charge is -2.13. The Hall–Kier alpha value is -1.63. The van der Waals surface area contributed by atoms with E-state index in [1.54, 1.807) is 0 Å². The van der Waals surface area contributed by atoms with Crippen LogP contribution in [0, 0.1) is 5.92 Å². The first-order valence-corrected chi connectivity index (χ1v) is 7.51. The van der Waals surface area contributed by atoms with E-state index in [4.69, 9.17) is 4.74 Å². The van der Waals surface area contributed by atoms with Gasteiger partial charge in [0.1, 0.15) is 0 Å². The number of hydrogen-bond donors (Lipinski definition) is 2. The Balaban J connectivity index is 2.46. The zero-order valence-corrected chi connectivity index (χ0v) is 13.8. The monoisotopic (exact) mass is 296 g/mol. The van der Waals surface area contributed by atoms with Crippen LogP contribution in [0.15, 0.2) is 0 Å². The van der Waals surface area contributed by atoms with Gasteiger partial charge >= 0.3 is 0 Å². The SMILES string of the molecule is CCNc1nc(NCCCOCC(C)C)nc(N(C)C)n1. The minimum atomic E-state index is 0.576. The Morgan fingerprint density at radius 2 is 1.76 bits per heavy atom. The van der Waals surface area contributed by atoms with Crippen LogP contribution in [0.3, 0.4) is 0 Å². The number of hydrogen-bond acceptors (Lipinski definition) is 7. The molecule has 0 amide bonds. The van der Waals surface area contributed by atoms with Crippen molar-refractivity contribution < 1.29 is 4.74 Å². The van der Waals surface area contributed by atoms with Gasteiger partial charge in [0, 0.05) is 40.4 Å². The third-order valence-electron chi connectivity index (χ3n) is 2.56. The van der Waals surface area contributed by atoms with Gasteiger partial charge in [0.25, 0.3) is 0 Å². The number of rotatable bonds is 10. The Labute approximate surface area is 127 Å². The second-order valence-electron chi connectivity index (χ2n) is 5.46. The van der Waals surface area contributed by atoms with Crippen molar-refractivity contribution >= 4 is 17.8 Å². The van der Waals surface area contributed by atoms with Gasteiger partial charge < -0.3 is 20.3 Å². The molecule has 7 nitrogen and oxygen atoms in total. The maximum absolute atomic E-state index is 5.54. The summed E-state index contributed by atoms with van der Waals surface area (Å²) in [7, 11) is 3.82. The van der Waals surface area contributed by atoms with Crippen molar-refractivity contribution in [2.24, 2.45) is 5.92 Å². The molecule has 1 aromatic rings. The quantitative estimate of drug-likeness (QED) is 0.638. The van der Waals surface area contributed by atoms with Crippen LogP contribution in [0.1, 0.15) is 27.2 Å². The number of nitrogens with zero attached hydrogens (tertiary/aromatic N) is 4. The Kier molecular flexibility index (Phi) is 7.74. The molecule has 21 heavy (non-hydrogen) atoms. The van der Waals surface area contributed by atoms with E-state index >= 15 is 0 Å². The van der Waals surface area contributed by atoms with Gasteiger partial charge in [-0.15, -0.1) is 0 Å². The van der Waals surface area contributed by atoms with Crippen LogP contribution in [0.2, 0.25) is 0 Å². The number of aromatic nitrogens is 3. The van der Waals surface area contributed by atoms with Gasteiger partial charge in [-0.05, 0) is 19.3 Å². The number of nitrogens with one attached hydrogen (secondary N) is 2. The summed E-state index contributed by atoms with van der Waals surface area (Å²) in [5.41, 5.74) is 0. The van der Waals surface area contributed by atoms with Gasteiger partial charge in [0.2, 0.25) is 17.8 Å². The van der Waals surface area contributed by atoms with E-state index in [2.05, 4.69) is 39.4 Å². The van der Waals surface area contributed by atoms with Gasteiger partial charge in [-0.3, -0.25) is 0 Å². The Morgan fingerprint density at radius 1 is 1.10 bits per heavy atom. The van der Waals surface area contributed by atoms with Crippen molar-refractivity contribution in [1.29, 1.82) is 0 Å². The molecule has 2 N–H and O–H groups in total. The average molecular weight is 296 g/mol. The minimum absolute atomic E-state index is 0.576. The van der Waals surface area contributed by atoms with E-state index in [1.165, 1.54) is 0 Å². The summed E-state index contributed by atoms with van der Waals surface area (Å²) >= 11 is 0. The van der Waals surface area contributed by atoms with Gasteiger partial charge in [-0.2, -0.15) is 15.0 Å².